The van der Waals surface area contributed by atoms with Crippen LogP contribution < -0.4 is 0 Å². The van der Waals surface area contributed by atoms with Crippen molar-refractivity contribution in [3.63, 3.8) is 0 Å². The van der Waals surface area contributed by atoms with Crippen LogP contribution >= 0.6 is 0 Å². The van der Waals surface area contributed by atoms with Gasteiger partial charge in [0.25, 0.3) is 0 Å². The summed E-state index contributed by atoms with van der Waals surface area (Å²) in [5, 5.41) is 18.4. The van der Waals surface area contributed by atoms with E-state index < -0.39 is 33.7 Å². The Morgan fingerprint density at radius 1 is 1.09 bits per heavy atom. The molecule has 8 heteroatoms. The molecule has 7 nitrogen and oxygen atoms in total. The number of hydrogen-bond donors (Lipinski definition) is 2. The van der Waals surface area contributed by atoms with Crippen LogP contribution in [0.15, 0.2) is 0 Å². The molecule has 0 aliphatic heterocycles. The van der Waals surface area contributed by atoms with E-state index in [1.165, 1.54) is 0 Å². The summed E-state index contributed by atoms with van der Waals surface area (Å²) < 4.78 is 11.5. The second kappa shape index (κ2) is 11.6. The Morgan fingerprint density at radius 2 is 1.64 bits per heavy atom. The molecule has 0 aliphatic carbocycles. The summed E-state index contributed by atoms with van der Waals surface area (Å²) in [7, 11) is -2.11. The second-order valence-corrected chi connectivity index (χ2v) is 7.09. The molecule has 130 valence electrons. The molecule has 0 aromatic heterocycles. The van der Waals surface area contributed by atoms with Crippen LogP contribution in [-0.4, -0.2) is 67.8 Å². The number of likely N-dealkylation sites (N-methyl/N-ethyl adjacent to an activating group) is 1. The van der Waals surface area contributed by atoms with Crippen molar-refractivity contribution in [3.8, 4) is 0 Å². The largest absolute Gasteiger partial charge is 0.481 e. The van der Waals surface area contributed by atoms with Crippen LogP contribution in [0.1, 0.15) is 47.0 Å². The van der Waals surface area contributed by atoms with Crippen molar-refractivity contribution in [3.05, 3.63) is 0 Å². The van der Waals surface area contributed by atoms with Gasteiger partial charge in [0.1, 0.15) is 6.04 Å². The van der Waals surface area contributed by atoms with Gasteiger partial charge in [0, 0.05) is 13.2 Å². The van der Waals surface area contributed by atoms with Gasteiger partial charge in [-0.1, -0.05) is 20.3 Å². The number of carboxylic acid groups (broad SMARTS) is 2. The normalized spacial score (nSPS) is 14.3. The van der Waals surface area contributed by atoms with Crippen LogP contribution in [0.25, 0.3) is 0 Å². The first-order valence-corrected chi connectivity index (χ1v) is 9.47. The Bertz CT molecular complexity index is 335. The van der Waals surface area contributed by atoms with Gasteiger partial charge in [0.15, 0.2) is 0 Å². The molecule has 0 aromatic rings. The molecule has 0 fully saturated rings. The van der Waals surface area contributed by atoms with Gasteiger partial charge in [0.2, 0.25) is 0 Å². The maximum Gasteiger partial charge on any atom is 0.339 e. The fourth-order valence-corrected chi connectivity index (χ4v) is 5.09. The van der Waals surface area contributed by atoms with E-state index in [0.717, 1.165) is 12.8 Å². The minimum atomic E-state index is -2.11. The zero-order valence-corrected chi connectivity index (χ0v) is 15.1. The van der Waals surface area contributed by atoms with Gasteiger partial charge in [-0.3, -0.25) is 14.5 Å². The van der Waals surface area contributed by atoms with Crippen molar-refractivity contribution in [1.82, 2.24) is 4.90 Å². The summed E-state index contributed by atoms with van der Waals surface area (Å²) in [4.78, 5) is 24.2. The van der Waals surface area contributed by atoms with E-state index in [1.54, 1.807) is 4.90 Å². The average Bonchev–Trinajstić information content (AvgIpc) is 2.45. The van der Waals surface area contributed by atoms with Crippen LogP contribution in [-0.2, 0) is 18.4 Å². The van der Waals surface area contributed by atoms with Gasteiger partial charge in [-0.2, -0.15) is 0 Å². The maximum atomic E-state index is 11.5. The predicted octanol–water partition coefficient (Wildman–Crippen LogP) is 1.24. The third-order valence-corrected chi connectivity index (χ3v) is 6.07. The third kappa shape index (κ3) is 6.86. The number of hydrogen-bond acceptors (Lipinski definition) is 5. The molecule has 2 N–H and O–H groups in total. The average molecular weight is 335 g/mol. The molecule has 0 saturated heterocycles. The van der Waals surface area contributed by atoms with Crippen molar-refractivity contribution in [2.45, 2.75) is 58.7 Å². The number of carbonyl (C=O) groups is 2. The summed E-state index contributed by atoms with van der Waals surface area (Å²) in [6, 6.07) is -1.06. The standard InChI is InChI=1S/C14H29NO6Si/c1-5-9-12(22(20-7-3)21-8-4)15(6-2)11(14(18)19)10-13(16)17/h11-12,22H,5-10H2,1-4H3,(H,16,17)(H,18,19). The molecule has 0 radical (unpaired) electrons. The lowest BCUT2D eigenvalue weighted by molar-refractivity contribution is -0.150. The minimum Gasteiger partial charge on any atom is -0.481 e. The lowest BCUT2D eigenvalue weighted by Gasteiger charge is -2.37. The highest BCUT2D eigenvalue weighted by molar-refractivity contribution is 6.46. The van der Waals surface area contributed by atoms with Gasteiger partial charge in [-0.15, -0.1) is 0 Å². The third-order valence-electron chi connectivity index (χ3n) is 3.40. The van der Waals surface area contributed by atoms with Crippen LogP contribution in [0.2, 0.25) is 0 Å². The fourth-order valence-electron chi connectivity index (χ4n) is 2.55. The van der Waals surface area contributed by atoms with E-state index in [-0.39, 0.29) is 5.67 Å². The lowest BCUT2D eigenvalue weighted by atomic mass is 10.1. The van der Waals surface area contributed by atoms with E-state index in [2.05, 4.69) is 0 Å². The summed E-state index contributed by atoms with van der Waals surface area (Å²) in [6.45, 7) is 9.06. The first-order chi connectivity index (χ1) is 10.4. The van der Waals surface area contributed by atoms with Crippen LogP contribution in [0.4, 0.5) is 0 Å². The highest BCUT2D eigenvalue weighted by atomic mass is 28.3. The van der Waals surface area contributed by atoms with E-state index in [0.29, 0.717) is 19.8 Å². The van der Waals surface area contributed by atoms with Gasteiger partial charge < -0.3 is 19.1 Å². The van der Waals surface area contributed by atoms with Crippen LogP contribution in [0.5, 0.6) is 0 Å². The fraction of sp³-hybridized carbons (Fsp3) is 0.857. The zero-order valence-electron chi connectivity index (χ0n) is 13.9. The molecular weight excluding hydrogens is 306 g/mol. The lowest BCUT2D eigenvalue weighted by Crippen LogP contribution is -2.56. The Hall–Kier alpha value is -0.963. The summed E-state index contributed by atoms with van der Waals surface area (Å²) >= 11 is 0. The van der Waals surface area contributed by atoms with Crippen molar-refractivity contribution in [1.29, 1.82) is 0 Å². The Labute approximate surface area is 134 Å². The first-order valence-electron chi connectivity index (χ1n) is 7.86. The molecule has 0 heterocycles. The monoisotopic (exact) mass is 335 g/mol. The van der Waals surface area contributed by atoms with E-state index >= 15 is 0 Å². The van der Waals surface area contributed by atoms with Gasteiger partial charge in [-0.25, -0.2) is 0 Å². The SMILES string of the molecule is CCCC(N(CC)C(CC(=O)O)C(=O)O)[SiH](OCC)OCC. The van der Waals surface area contributed by atoms with E-state index in [1.807, 2.05) is 27.7 Å². The minimum absolute atomic E-state index is 0.157. The summed E-state index contributed by atoms with van der Waals surface area (Å²) in [6.07, 6.45) is 1.15. The van der Waals surface area contributed by atoms with Crippen molar-refractivity contribution in [2.24, 2.45) is 0 Å². The smallest absolute Gasteiger partial charge is 0.339 e. The number of nitrogens with zero attached hydrogens (tertiary/aromatic N) is 1. The predicted molar refractivity (Wildman–Crippen MR) is 85.2 cm³/mol. The Kier molecular flexibility index (Phi) is 11.1. The topological polar surface area (TPSA) is 96.3 Å². The Balaban J connectivity index is 5.40. The zero-order chi connectivity index (χ0) is 17.1. The highest BCUT2D eigenvalue weighted by Crippen LogP contribution is 2.18. The van der Waals surface area contributed by atoms with E-state index in [4.69, 9.17) is 14.0 Å². The quantitative estimate of drug-likeness (QED) is 0.489. The number of aliphatic carboxylic acids is 2. The van der Waals surface area contributed by atoms with Crippen LogP contribution in [0.3, 0.4) is 0 Å². The van der Waals surface area contributed by atoms with Crippen molar-refractivity contribution in [2.75, 3.05) is 19.8 Å². The molecule has 2 unspecified atom stereocenters. The maximum absolute atomic E-state index is 11.5. The molecule has 2 atom stereocenters. The molecule has 0 amide bonds. The molecule has 0 rings (SSSR count). The second-order valence-electron chi connectivity index (χ2n) is 4.92. The number of rotatable bonds is 13. The first kappa shape index (κ1) is 21.0. The molecule has 0 bridgehead atoms. The highest BCUT2D eigenvalue weighted by Gasteiger charge is 2.38. The molecule has 0 aromatic carbocycles. The Morgan fingerprint density at radius 3 is 1.95 bits per heavy atom. The molecule has 0 aliphatic rings. The molecule has 0 saturated carbocycles. The van der Waals surface area contributed by atoms with Gasteiger partial charge in [-0.05, 0) is 26.8 Å². The van der Waals surface area contributed by atoms with Crippen molar-refractivity contribution < 1.29 is 28.7 Å². The summed E-state index contributed by atoms with van der Waals surface area (Å²) in [5.74, 6) is -2.24. The van der Waals surface area contributed by atoms with Crippen LogP contribution in [0, 0.1) is 0 Å². The summed E-state index contributed by atoms with van der Waals surface area (Å²) in [5.41, 5.74) is -0.157. The van der Waals surface area contributed by atoms with Gasteiger partial charge in [0.05, 0.1) is 12.1 Å². The molecule has 0 spiro atoms. The van der Waals surface area contributed by atoms with E-state index in [9.17, 15) is 14.7 Å². The van der Waals surface area contributed by atoms with Gasteiger partial charge >= 0.3 is 21.2 Å². The number of carboxylic acids is 2. The van der Waals surface area contributed by atoms with Crippen molar-refractivity contribution >= 4 is 21.2 Å². The molecule has 22 heavy (non-hydrogen) atoms. The molecular formula is C14H29NO6Si.